The van der Waals surface area contributed by atoms with Crippen molar-refractivity contribution in [3.8, 4) is 11.5 Å². The van der Waals surface area contributed by atoms with E-state index in [1.165, 1.54) is 6.07 Å². The highest BCUT2D eigenvalue weighted by Gasteiger charge is 2.30. The Labute approximate surface area is 185 Å². The first-order valence-corrected chi connectivity index (χ1v) is 10.5. The van der Waals surface area contributed by atoms with E-state index in [-0.39, 0.29) is 24.1 Å². The van der Waals surface area contributed by atoms with Crippen LogP contribution in [0.4, 0.5) is 10.1 Å². The second-order valence-corrected chi connectivity index (χ2v) is 7.95. The summed E-state index contributed by atoms with van der Waals surface area (Å²) in [5.41, 5.74) is 4.61. The van der Waals surface area contributed by atoms with Gasteiger partial charge in [0.1, 0.15) is 17.3 Å². The molecule has 1 N–H and O–H groups in total. The number of halogens is 1. The summed E-state index contributed by atoms with van der Waals surface area (Å²) in [6.07, 6.45) is 2.37. The van der Waals surface area contributed by atoms with Crippen molar-refractivity contribution in [2.75, 3.05) is 19.5 Å². The van der Waals surface area contributed by atoms with E-state index in [1.54, 1.807) is 26.4 Å². The Kier molecular flexibility index (Phi) is 5.05. The molecule has 4 aromatic rings. The number of ether oxygens (including phenoxy) is 2. The smallest absolute Gasteiger partial charge is 0.225 e. The lowest BCUT2D eigenvalue weighted by molar-refractivity contribution is -0.116. The molecular formula is C26H23FN2O3. The van der Waals surface area contributed by atoms with Crippen LogP contribution in [-0.4, -0.2) is 24.7 Å². The molecule has 0 saturated heterocycles. The Bertz CT molecular complexity index is 1330. The van der Waals surface area contributed by atoms with Gasteiger partial charge in [0.2, 0.25) is 5.91 Å². The van der Waals surface area contributed by atoms with Gasteiger partial charge in [-0.05, 0) is 41.5 Å². The maximum Gasteiger partial charge on any atom is 0.225 e. The van der Waals surface area contributed by atoms with Crippen LogP contribution in [0.25, 0.3) is 10.9 Å². The van der Waals surface area contributed by atoms with Gasteiger partial charge < -0.3 is 19.4 Å². The van der Waals surface area contributed by atoms with Crippen molar-refractivity contribution in [3.05, 3.63) is 89.4 Å². The lowest BCUT2D eigenvalue weighted by Crippen LogP contribution is -2.14. The quantitative estimate of drug-likeness (QED) is 0.466. The first-order chi connectivity index (χ1) is 15.6. The zero-order valence-electron chi connectivity index (χ0n) is 17.9. The van der Waals surface area contributed by atoms with Gasteiger partial charge in [0.05, 0.1) is 25.4 Å². The molecule has 162 valence electrons. The number of amides is 1. The topological polar surface area (TPSA) is 52.5 Å². The Morgan fingerprint density at radius 2 is 1.88 bits per heavy atom. The lowest BCUT2D eigenvalue weighted by Gasteiger charge is -2.18. The summed E-state index contributed by atoms with van der Waals surface area (Å²) in [6.45, 7) is 0.526. The minimum atomic E-state index is -0.255. The summed E-state index contributed by atoms with van der Waals surface area (Å²) in [5.74, 6) is 0.864. The molecule has 5 nitrogen and oxygen atoms in total. The lowest BCUT2D eigenvalue weighted by atomic mass is 9.88. The minimum Gasteiger partial charge on any atom is -0.497 e. The van der Waals surface area contributed by atoms with Crippen LogP contribution in [0.1, 0.15) is 29.0 Å². The molecule has 5 rings (SSSR count). The first-order valence-electron chi connectivity index (χ1n) is 10.5. The number of rotatable bonds is 5. The fraction of sp³-hybridized carbons (Fsp3) is 0.192. The van der Waals surface area contributed by atoms with Gasteiger partial charge in [0, 0.05) is 42.1 Å². The van der Waals surface area contributed by atoms with Crippen LogP contribution in [0.5, 0.6) is 11.5 Å². The highest BCUT2D eigenvalue weighted by molar-refractivity contribution is 6.06. The van der Waals surface area contributed by atoms with Crippen molar-refractivity contribution in [1.82, 2.24) is 4.57 Å². The SMILES string of the molecule is COc1ccc([C@@H]2CC(=O)Nc3cccc4c3c2cn4Cc2cccc(F)c2)c(OC)c1. The second-order valence-electron chi connectivity index (χ2n) is 7.95. The highest BCUT2D eigenvalue weighted by atomic mass is 19.1. The molecule has 0 saturated carbocycles. The third-order valence-corrected chi connectivity index (χ3v) is 6.03. The number of anilines is 1. The van der Waals surface area contributed by atoms with Gasteiger partial charge in [-0.25, -0.2) is 4.39 Å². The number of methoxy groups -OCH3 is 2. The molecule has 0 aliphatic carbocycles. The summed E-state index contributed by atoms with van der Waals surface area (Å²) >= 11 is 0. The van der Waals surface area contributed by atoms with Gasteiger partial charge in [0.25, 0.3) is 0 Å². The van der Waals surface area contributed by atoms with Crippen molar-refractivity contribution in [2.24, 2.45) is 0 Å². The van der Waals surface area contributed by atoms with E-state index < -0.39 is 0 Å². The van der Waals surface area contributed by atoms with Crippen molar-refractivity contribution >= 4 is 22.5 Å². The molecule has 1 aromatic heterocycles. The van der Waals surface area contributed by atoms with Gasteiger partial charge in [-0.1, -0.05) is 24.3 Å². The number of benzene rings is 3. The molecule has 6 heteroatoms. The molecule has 0 radical (unpaired) electrons. The highest BCUT2D eigenvalue weighted by Crippen LogP contribution is 2.44. The fourth-order valence-electron chi connectivity index (χ4n) is 4.60. The van der Waals surface area contributed by atoms with Gasteiger partial charge in [-0.3, -0.25) is 4.79 Å². The number of nitrogens with one attached hydrogen (secondary N) is 1. The fourth-order valence-corrected chi connectivity index (χ4v) is 4.60. The molecule has 3 aromatic carbocycles. The molecule has 1 aliphatic rings. The molecule has 1 aliphatic heterocycles. The van der Waals surface area contributed by atoms with Crippen LogP contribution in [0.15, 0.2) is 66.9 Å². The predicted octanol–water partition coefficient (Wildman–Crippen LogP) is 5.32. The molecule has 1 atom stereocenters. The largest absolute Gasteiger partial charge is 0.497 e. The Hall–Kier alpha value is -3.80. The summed E-state index contributed by atoms with van der Waals surface area (Å²) < 4.78 is 26.9. The van der Waals surface area contributed by atoms with Gasteiger partial charge >= 0.3 is 0 Å². The van der Waals surface area contributed by atoms with Crippen LogP contribution in [0.2, 0.25) is 0 Å². The van der Waals surface area contributed by atoms with E-state index in [2.05, 4.69) is 16.1 Å². The summed E-state index contributed by atoms with van der Waals surface area (Å²) in [4.78, 5) is 12.8. The predicted molar refractivity (Wildman–Crippen MR) is 122 cm³/mol. The van der Waals surface area contributed by atoms with E-state index in [0.717, 1.165) is 33.3 Å². The monoisotopic (exact) mass is 430 g/mol. The molecule has 1 amide bonds. The number of hydrogen-bond donors (Lipinski definition) is 1. The molecule has 0 spiro atoms. The Balaban J connectivity index is 1.69. The molecule has 0 unspecified atom stereocenters. The molecule has 32 heavy (non-hydrogen) atoms. The standard InChI is InChI=1S/C26H23FN2O3/c1-31-18-9-10-19(24(12-18)32-2)20-13-25(30)28-22-7-4-8-23-26(22)21(20)15-29(23)14-16-5-3-6-17(27)11-16/h3-12,15,20H,13-14H2,1-2H3,(H,28,30)/t20-/m0/s1. The third-order valence-electron chi connectivity index (χ3n) is 6.03. The Morgan fingerprint density at radius 1 is 1.03 bits per heavy atom. The molecule has 2 heterocycles. The van der Waals surface area contributed by atoms with Crippen molar-refractivity contribution in [1.29, 1.82) is 0 Å². The van der Waals surface area contributed by atoms with Gasteiger partial charge in [-0.2, -0.15) is 0 Å². The number of carbonyl (C=O) groups is 1. The number of nitrogens with zero attached hydrogens (tertiary/aromatic N) is 1. The normalized spacial score (nSPS) is 15.3. The first kappa shape index (κ1) is 20.1. The number of aromatic nitrogens is 1. The van der Waals surface area contributed by atoms with Crippen molar-refractivity contribution < 1.29 is 18.7 Å². The third kappa shape index (κ3) is 3.47. The molecule has 0 fully saturated rings. The van der Waals surface area contributed by atoms with E-state index in [1.807, 2.05) is 42.5 Å². The summed E-state index contributed by atoms with van der Waals surface area (Å²) in [7, 11) is 3.23. The van der Waals surface area contributed by atoms with E-state index >= 15 is 0 Å². The van der Waals surface area contributed by atoms with Crippen LogP contribution >= 0.6 is 0 Å². The van der Waals surface area contributed by atoms with E-state index in [4.69, 9.17) is 9.47 Å². The average Bonchev–Trinajstić information content (AvgIpc) is 3.09. The minimum absolute atomic E-state index is 0.0479. The number of hydrogen-bond acceptors (Lipinski definition) is 3. The van der Waals surface area contributed by atoms with Crippen molar-refractivity contribution in [3.63, 3.8) is 0 Å². The summed E-state index contributed by atoms with van der Waals surface area (Å²) in [6, 6.07) is 18.2. The van der Waals surface area contributed by atoms with Crippen LogP contribution < -0.4 is 14.8 Å². The van der Waals surface area contributed by atoms with Crippen LogP contribution in [0, 0.1) is 5.82 Å². The van der Waals surface area contributed by atoms with Crippen molar-refractivity contribution in [2.45, 2.75) is 18.9 Å². The Morgan fingerprint density at radius 3 is 2.66 bits per heavy atom. The van der Waals surface area contributed by atoms with Crippen LogP contribution in [0.3, 0.4) is 0 Å². The zero-order chi connectivity index (χ0) is 22.2. The summed E-state index contributed by atoms with van der Waals surface area (Å²) in [5, 5.41) is 4.05. The zero-order valence-corrected chi connectivity index (χ0v) is 17.9. The van der Waals surface area contributed by atoms with E-state index in [9.17, 15) is 9.18 Å². The van der Waals surface area contributed by atoms with Crippen LogP contribution in [-0.2, 0) is 11.3 Å². The van der Waals surface area contributed by atoms with Gasteiger partial charge in [-0.15, -0.1) is 0 Å². The maximum absolute atomic E-state index is 13.8. The molecule has 0 bridgehead atoms. The number of carbonyl (C=O) groups excluding carboxylic acids is 1. The second kappa shape index (κ2) is 8.04. The molecular weight excluding hydrogens is 407 g/mol. The maximum atomic E-state index is 13.8. The van der Waals surface area contributed by atoms with Gasteiger partial charge in [0.15, 0.2) is 0 Å². The van der Waals surface area contributed by atoms with E-state index in [0.29, 0.717) is 18.0 Å². The average molecular weight is 430 g/mol.